The van der Waals surface area contributed by atoms with Gasteiger partial charge in [-0.3, -0.25) is 0 Å². The van der Waals surface area contributed by atoms with Crippen molar-refractivity contribution in [2.45, 2.75) is 19.4 Å². The smallest absolute Gasteiger partial charge is 0.167 e. The lowest BCUT2D eigenvalue weighted by Gasteiger charge is -2.16. The average molecular weight is 408 g/mol. The van der Waals surface area contributed by atoms with E-state index >= 15 is 0 Å². The molecule has 2 N–H and O–H groups in total. The summed E-state index contributed by atoms with van der Waals surface area (Å²) in [6.45, 7) is 2.05. The molecule has 26 heavy (non-hydrogen) atoms. The SMILES string of the molecule is Cc1ccc(Br)nc1CC(N)c1ccccc1-c1noc2ccccc12. The Morgan fingerprint density at radius 1 is 1.04 bits per heavy atom. The average Bonchev–Trinajstić information content (AvgIpc) is 3.08. The highest BCUT2D eigenvalue weighted by Crippen LogP contribution is 2.33. The Balaban J connectivity index is 1.75. The molecule has 2 heterocycles. The van der Waals surface area contributed by atoms with E-state index in [4.69, 9.17) is 10.3 Å². The second-order valence-corrected chi connectivity index (χ2v) is 7.14. The zero-order valence-corrected chi connectivity index (χ0v) is 15.9. The van der Waals surface area contributed by atoms with Crippen LogP contribution in [0.25, 0.3) is 22.2 Å². The highest BCUT2D eigenvalue weighted by atomic mass is 79.9. The fourth-order valence-corrected chi connectivity index (χ4v) is 3.53. The Hall–Kier alpha value is -2.50. The predicted molar refractivity (Wildman–Crippen MR) is 107 cm³/mol. The summed E-state index contributed by atoms with van der Waals surface area (Å²) in [6.07, 6.45) is 0.651. The summed E-state index contributed by atoms with van der Waals surface area (Å²) >= 11 is 3.44. The van der Waals surface area contributed by atoms with Crippen LogP contribution in [0, 0.1) is 6.92 Å². The van der Waals surface area contributed by atoms with E-state index in [-0.39, 0.29) is 6.04 Å². The van der Waals surface area contributed by atoms with Crippen molar-refractivity contribution >= 4 is 26.9 Å². The van der Waals surface area contributed by atoms with Gasteiger partial charge in [0.2, 0.25) is 0 Å². The molecule has 0 aliphatic heterocycles. The number of benzene rings is 2. The van der Waals surface area contributed by atoms with Crippen molar-refractivity contribution in [1.82, 2.24) is 10.1 Å². The van der Waals surface area contributed by atoms with Crippen LogP contribution in [-0.4, -0.2) is 10.1 Å². The molecule has 1 atom stereocenters. The van der Waals surface area contributed by atoms with Crippen molar-refractivity contribution < 1.29 is 4.52 Å². The minimum atomic E-state index is -0.192. The molecule has 0 aliphatic rings. The second kappa shape index (κ2) is 7.02. The van der Waals surface area contributed by atoms with Gasteiger partial charge < -0.3 is 10.3 Å². The number of aromatic nitrogens is 2. The van der Waals surface area contributed by atoms with E-state index in [9.17, 15) is 0 Å². The van der Waals surface area contributed by atoms with Gasteiger partial charge in [0.1, 0.15) is 10.3 Å². The van der Waals surface area contributed by atoms with Crippen LogP contribution >= 0.6 is 15.9 Å². The number of halogens is 1. The number of pyridine rings is 1. The highest BCUT2D eigenvalue weighted by Gasteiger charge is 2.18. The highest BCUT2D eigenvalue weighted by molar-refractivity contribution is 9.10. The molecule has 0 amide bonds. The first kappa shape index (κ1) is 16.9. The van der Waals surface area contributed by atoms with E-state index in [0.717, 1.165) is 43.7 Å². The molecule has 4 nitrogen and oxygen atoms in total. The number of fused-ring (bicyclic) bond motifs is 1. The molecule has 0 bridgehead atoms. The first-order valence-electron chi connectivity index (χ1n) is 8.45. The molecule has 5 heteroatoms. The van der Waals surface area contributed by atoms with E-state index in [1.54, 1.807) is 0 Å². The van der Waals surface area contributed by atoms with E-state index in [1.165, 1.54) is 0 Å². The van der Waals surface area contributed by atoms with Gasteiger partial charge in [-0.05, 0) is 52.2 Å². The molecule has 4 rings (SSSR count). The van der Waals surface area contributed by atoms with E-state index in [1.807, 2.05) is 48.5 Å². The Bertz CT molecular complexity index is 1070. The lowest BCUT2D eigenvalue weighted by Crippen LogP contribution is -2.16. The van der Waals surface area contributed by atoms with Crippen molar-refractivity contribution in [3.05, 3.63) is 82.1 Å². The van der Waals surface area contributed by atoms with Crippen molar-refractivity contribution in [3.8, 4) is 11.3 Å². The number of aryl methyl sites for hydroxylation is 1. The Morgan fingerprint density at radius 3 is 2.69 bits per heavy atom. The van der Waals surface area contributed by atoms with Gasteiger partial charge in [0.15, 0.2) is 5.58 Å². The number of hydrogen-bond acceptors (Lipinski definition) is 4. The van der Waals surface area contributed by atoms with Gasteiger partial charge in [-0.25, -0.2) is 4.98 Å². The minimum absolute atomic E-state index is 0.192. The maximum atomic E-state index is 6.58. The molecule has 4 aromatic rings. The van der Waals surface area contributed by atoms with E-state index in [0.29, 0.717) is 6.42 Å². The van der Waals surface area contributed by atoms with Crippen LogP contribution in [0.15, 0.2) is 69.8 Å². The van der Waals surface area contributed by atoms with Crippen molar-refractivity contribution in [2.24, 2.45) is 5.73 Å². The van der Waals surface area contributed by atoms with Gasteiger partial charge in [-0.15, -0.1) is 0 Å². The summed E-state index contributed by atoms with van der Waals surface area (Å²) in [5, 5.41) is 5.28. The third-order valence-electron chi connectivity index (χ3n) is 4.57. The van der Waals surface area contributed by atoms with E-state index in [2.05, 4.69) is 45.1 Å². The summed E-state index contributed by atoms with van der Waals surface area (Å²) in [7, 11) is 0. The molecule has 0 spiro atoms. The lowest BCUT2D eigenvalue weighted by molar-refractivity contribution is 0.459. The largest absolute Gasteiger partial charge is 0.356 e. The zero-order valence-electron chi connectivity index (χ0n) is 14.3. The zero-order chi connectivity index (χ0) is 18.1. The number of para-hydroxylation sites is 1. The number of rotatable bonds is 4. The summed E-state index contributed by atoms with van der Waals surface area (Å²) in [4.78, 5) is 4.58. The van der Waals surface area contributed by atoms with Crippen LogP contribution < -0.4 is 5.73 Å². The van der Waals surface area contributed by atoms with Gasteiger partial charge in [-0.1, -0.05) is 47.6 Å². The molecular weight excluding hydrogens is 390 g/mol. The fraction of sp³-hybridized carbons (Fsp3) is 0.143. The summed E-state index contributed by atoms with van der Waals surface area (Å²) in [5.74, 6) is 0. The van der Waals surface area contributed by atoms with Crippen LogP contribution in [0.5, 0.6) is 0 Å². The van der Waals surface area contributed by atoms with E-state index < -0.39 is 0 Å². The minimum Gasteiger partial charge on any atom is -0.356 e. The quantitative estimate of drug-likeness (QED) is 0.471. The molecule has 0 fully saturated rings. The molecule has 0 aliphatic carbocycles. The maximum Gasteiger partial charge on any atom is 0.167 e. The molecule has 1 unspecified atom stereocenters. The van der Waals surface area contributed by atoms with Crippen LogP contribution in [-0.2, 0) is 6.42 Å². The van der Waals surface area contributed by atoms with Crippen LogP contribution in [0.1, 0.15) is 22.9 Å². The molecule has 0 saturated carbocycles. The molecule has 0 saturated heterocycles. The van der Waals surface area contributed by atoms with Gasteiger partial charge >= 0.3 is 0 Å². The van der Waals surface area contributed by atoms with Crippen molar-refractivity contribution in [1.29, 1.82) is 0 Å². The Morgan fingerprint density at radius 2 is 1.81 bits per heavy atom. The van der Waals surface area contributed by atoms with Gasteiger partial charge in [0.25, 0.3) is 0 Å². The number of nitrogens with zero attached hydrogens (tertiary/aromatic N) is 2. The van der Waals surface area contributed by atoms with Crippen LogP contribution in [0.4, 0.5) is 0 Å². The molecule has 130 valence electrons. The second-order valence-electron chi connectivity index (χ2n) is 6.32. The standard InChI is InChI=1S/C21H18BrN3O/c1-13-10-11-20(22)24-18(13)12-17(23)14-6-2-3-7-15(14)21-16-8-4-5-9-19(16)26-25-21/h2-11,17H,12,23H2,1H3. The summed E-state index contributed by atoms with van der Waals surface area (Å²) < 4.78 is 6.30. The van der Waals surface area contributed by atoms with Gasteiger partial charge in [0.05, 0.1) is 0 Å². The molecule has 0 radical (unpaired) electrons. The number of hydrogen-bond donors (Lipinski definition) is 1. The molecule has 2 aromatic heterocycles. The third kappa shape index (κ3) is 3.16. The van der Waals surface area contributed by atoms with Gasteiger partial charge in [-0.2, -0.15) is 0 Å². The molecule has 2 aromatic carbocycles. The Kier molecular flexibility index (Phi) is 4.57. The maximum absolute atomic E-state index is 6.58. The predicted octanol–water partition coefficient (Wildman–Crippen LogP) is 5.20. The summed E-state index contributed by atoms with van der Waals surface area (Å²) in [5.41, 5.74) is 12.3. The first-order chi connectivity index (χ1) is 12.6. The lowest BCUT2D eigenvalue weighted by atomic mass is 9.93. The number of nitrogens with two attached hydrogens (primary N) is 1. The monoisotopic (exact) mass is 407 g/mol. The van der Waals surface area contributed by atoms with Crippen molar-refractivity contribution in [2.75, 3.05) is 0 Å². The van der Waals surface area contributed by atoms with Crippen molar-refractivity contribution in [3.63, 3.8) is 0 Å². The fourth-order valence-electron chi connectivity index (χ4n) is 3.19. The van der Waals surface area contributed by atoms with Gasteiger partial charge in [0, 0.05) is 29.1 Å². The first-order valence-corrected chi connectivity index (χ1v) is 9.24. The topological polar surface area (TPSA) is 64.9 Å². The van der Waals surface area contributed by atoms with Crippen LogP contribution in [0.3, 0.4) is 0 Å². The Labute approximate surface area is 160 Å². The summed E-state index contributed by atoms with van der Waals surface area (Å²) in [6, 6.07) is 19.8. The third-order valence-corrected chi connectivity index (χ3v) is 5.02. The van der Waals surface area contributed by atoms with Crippen LogP contribution in [0.2, 0.25) is 0 Å². The normalized spacial score (nSPS) is 12.4. The molecular formula is C21H18BrN3O.